The Morgan fingerprint density at radius 1 is 1.30 bits per heavy atom. The molecule has 2 amide bonds. The first-order valence-corrected chi connectivity index (χ1v) is 9.36. The van der Waals surface area contributed by atoms with Gasteiger partial charge in [-0.15, -0.1) is 0 Å². The monoisotopic (exact) mass is 369 g/mol. The van der Waals surface area contributed by atoms with Crippen molar-refractivity contribution in [3.63, 3.8) is 0 Å². The van der Waals surface area contributed by atoms with Crippen molar-refractivity contribution >= 4 is 22.9 Å². The molecule has 1 aliphatic heterocycles. The molecule has 1 saturated carbocycles. The molecule has 2 fully saturated rings. The number of aryl methyl sites for hydroxylation is 2. The van der Waals surface area contributed by atoms with Crippen LogP contribution >= 0.6 is 0 Å². The smallest absolute Gasteiger partial charge is 0.410 e. The Hall–Kier alpha value is -2.83. The summed E-state index contributed by atoms with van der Waals surface area (Å²) in [5.74, 6) is -0.153. The zero-order chi connectivity index (χ0) is 19.0. The predicted molar refractivity (Wildman–Crippen MR) is 101 cm³/mol. The van der Waals surface area contributed by atoms with Gasteiger partial charge in [0.25, 0.3) is 5.56 Å². The summed E-state index contributed by atoms with van der Waals surface area (Å²) in [6, 6.07) is 8.05. The van der Waals surface area contributed by atoms with Crippen molar-refractivity contribution in [2.24, 2.45) is 0 Å². The molecule has 4 rings (SSSR count). The molecule has 2 N–H and O–H groups in total. The number of aromatic nitrogens is 1. The number of H-pyrrole nitrogens is 1. The fourth-order valence-corrected chi connectivity index (χ4v) is 3.44. The Morgan fingerprint density at radius 2 is 2.11 bits per heavy atom. The second-order valence-electron chi connectivity index (χ2n) is 7.41. The van der Waals surface area contributed by atoms with Gasteiger partial charge >= 0.3 is 6.09 Å². The lowest BCUT2D eigenvalue weighted by Gasteiger charge is -2.11. The lowest BCUT2D eigenvalue weighted by atomic mass is 10.1. The van der Waals surface area contributed by atoms with Crippen LogP contribution in [-0.4, -0.2) is 47.1 Å². The van der Waals surface area contributed by atoms with Crippen LogP contribution in [0.25, 0.3) is 10.9 Å². The number of fused-ring (bicyclic) bond motifs is 1. The molecule has 2 aromatic rings. The Kier molecular flexibility index (Phi) is 4.59. The van der Waals surface area contributed by atoms with Crippen LogP contribution in [0, 0.1) is 6.92 Å². The number of ether oxygens (including phenoxy) is 1. The molecule has 0 radical (unpaired) electrons. The zero-order valence-corrected chi connectivity index (χ0v) is 15.3. The third kappa shape index (κ3) is 3.97. The zero-order valence-electron chi connectivity index (χ0n) is 15.3. The van der Waals surface area contributed by atoms with Crippen molar-refractivity contribution in [2.75, 3.05) is 13.1 Å². The maximum Gasteiger partial charge on any atom is 0.410 e. The van der Waals surface area contributed by atoms with Crippen LogP contribution in [0.3, 0.4) is 0 Å². The van der Waals surface area contributed by atoms with E-state index in [0.29, 0.717) is 31.1 Å². The molecule has 1 aromatic carbocycles. The van der Waals surface area contributed by atoms with Crippen LogP contribution in [0.5, 0.6) is 0 Å². The molecule has 142 valence electrons. The Balaban J connectivity index is 1.30. The fraction of sp³-hybridized carbons (Fsp3) is 0.450. The predicted octanol–water partition coefficient (Wildman–Crippen LogP) is 1.87. The maximum absolute atomic E-state index is 12.2. The minimum Gasteiger partial charge on any atom is -0.442 e. The molecule has 1 atom stereocenters. The normalized spacial score (nSPS) is 19.4. The highest BCUT2D eigenvalue weighted by molar-refractivity contribution is 5.80. The van der Waals surface area contributed by atoms with E-state index in [1.807, 2.05) is 31.2 Å². The number of nitrogens with one attached hydrogen (secondary N) is 2. The van der Waals surface area contributed by atoms with Crippen LogP contribution < -0.4 is 10.9 Å². The van der Waals surface area contributed by atoms with Crippen LogP contribution in [0.4, 0.5) is 4.79 Å². The lowest BCUT2D eigenvalue weighted by Crippen LogP contribution is -2.35. The minimum absolute atomic E-state index is 0.153. The molecule has 7 nitrogen and oxygen atoms in total. The number of benzene rings is 1. The molecule has 27 heavy (non-hydrogen) atoms. The second-order valence-corrected chi connectivity index (χ2v) is 7.41. The lowest BCUT2D eigenvalue weighted by molar-refractivity contribution is -0.121. The van der Waals surface area contributed by atoms with Crippen molar-refractivity contribution < 1.29 is 14.3 Å². The largest absolute Gasteiger partial charge is 0.442 e. The van der Waals surface area contributed by atoms with E-state index in [1.54, 1.807) is 4.90 Å². The van der Waals surface area contributed by atoms with Gasteiger partial charge in [0.15, 0.2) is 0 Å². The van der Waals surface area contributed by atoms with Crippen molar-refractivity contribution in [1.82, 2.24) is 15.2 Å². The van der Waals surface area contributed by atoms with E-state index in [2.05, 4.69) is 10.3 Å². The Bertz CT molecular complexity index is 948. The Morgan fingerprint density at radius 3 is 2.89 bits per heavy atom. The summed E-state index contributed by atoms with van der Waals surface area (Å²) in [5.41, 5.74) is 2.31. The molecule has 2 heterocycles. The van der Waals surface area contributed by atoms with E-state index >= 15 is 0 Å². The molecule has 0 spiro atoms. The minimum atomic E-state index is -0.297. The summed E-state index contributed by atoms with van der Waals surface area (Å²) in [4.78, 5) is 40.7. The van der Waals surface area contributed by atoms with E-state index in [9.17, 15) is 14.4 Å². The summed E-state index contributed by atoms with van der Waals surface area (Å²) in [7, 11) is 0. The van der Waals surface area contributed by atoms with Gasteiger partial charge in [-0.1, -0.05) is 12.1 Å². The van der Waals surface area contributed by atoms with Gasteiger partial charge in [0.05, 0.1) is 13.1 Å². The Labute approximate surface area is 156 Å². The first-order valence-electron chi connectivity index (χ1n) is 9.36. The van der Waals surface area contributed by atoms with E-state index in [0.717, 1.165) is 29.3 Å². The van der Waals surface area contributed by atoms with Crippen molar-refractivity contribution in [2.45, 2.75) is 44.8 Å². The van der Waals surface area contributed by atoms with Gasteiger partial charge in [-0.05, 0) is 49.3 Å². The van der Waals surface area contributed by atoms with Gasteiger partial charge in [0.2, 0.25) is 5.91 Å². The number of carbonyl (C=O) groups excluding carboxylic acids is 2. The molecule has 1 saturated heterocycles. The number of hydrogen-bond acceptors (Lipinski definition) is 4. The van der Waals surface area contributed by atoms with Crippen molar-refractivity contribution in [3.05, 3.63) is 45.7 Å². The molecular weight excluding hydrogens is 346 g/mol. The average molecular weight is 369 g/mol. The van der Waals surface area contributed by atoms with Crippen LogP contribution in [0.1, 0.15) is 30.4 Å². The number of cyclic esters (lactones) is 1. The molecule has 1 aromatic heterocycles. The van der Waals surface area contributed by atoms with Crippen LogP contribution in [0.15, 0.2) is 29.1 Å². The number of aromatic amines is 1. The number of rotatable bonds is 6. The van der Waals surface area contributed by atoms with E-state index in [-0.39, 0.29) is 30.1 Å². The van der Waals surface area contributed by atoms with Crippen molar-refractivity contribution in [3.8, 4) is 0 Å². The van der Waals surface area contributed by atoms with Gasteiger partial charge in [-0.3, -0.25) is 9.59 Å². The molecule has 1 unspecified atom stereocenters. The van der Waals surface area contributed by atoms with Gasteiger partial charge in [0.1, 0.15) is 6.10 Å². The highest BCUT2D eigenvalue weighted by atomic mass is 16.6. The number of nitrogens with zero attached hydrogens (tertiary/aromatic N) is 1. The topological polar surface area (TPSA) is 91.5 Å². The average Bonchev–Trinajstić information content (AvgIpc) is 3.41. The number of amides is 2. The van der Waals surface area contributed by atoms with Gasteiger partial charge < -0.3 is 19.9 Å². The van der Waals surface area contributed by atoms with Gasteiger partial charge in [-0.25, -0.2) is 4.79 Å². The summed E-state index contributed by atoms with van der Waals surface area (Å²) in [5, 5.41) is 3.76. The summed E-state index contributed by atoms with van der Waals surface area (Å²) in [6.45, 7) is 2.82. The fourth-order valence-electron chi connectivity index (χ4n) is 3.44. The molecular formula is C20H23N3O4. The summed E-state index contributed by atoms with van der Waals surface area (Å²) < 4.78 is 5.28. The van der Waals surface area contributed by atoms with Gasteiger partial charge in [0, 0.05) is 23.5 Å². The molecule has 1 aliphatic carbocycles. The highest BCUT2D eigenvalue weighted by Crippen LogP contribution is 2.30. The molecule has 2 aliphatic rings. The summed E-state index contributed by atoms with van der Waals surface area (Å²) in [6.07, 6.45) is 2.07. The number of pyridine rings is 1. The standard InChI is InChI=1S/C20H23N3O4/c1-12-2-3-13-9-14(19(25)22-17(13)8-12)4-7-18(24)21-10-16-11-23(15-5-6-15)20(26)27-16/h2-3,8-9,15-16H,4-7,10-11H2,1H3,(H,21,24)(H,22,25). The van der Waals surface area contributed by atoms with Gasteiger partial charge in [-0.2, -0.15) is 0 Å². The summed E-state index contributed by atoms with van der Waals surface area (Å²) >= 11 is 0. The number of hydrogen-bond donors (Lipinski definition) is 2. The maximum atomic E-state index is 12.2. The van der Waals surface area contributed by atoms with E-state index in [4.69, 9.17) is 4.74 Å². The van der Waals surface area contributed by atoms with E-state index in [1.165, 1.54) is 0 Å². The number of carbonyl (C=O) groups is 2. The quantitative estimate of drug-likeness (QED) is 0.813. The molecule has 7 heteroatoms. The second kappa shape index (κ2) is 7.06. The highest BCUT2D eigenvalue weighted by Gasteiger charge is 2.40. The first kappa shape index (κ1) is 17.6. The van der Waals surface area contributed by atoms with Crippen LogP contribution in [-0.2, 0) is 16.0 Å². The van der Waals surface area contributed by atoms with Crippen LogP contribution in [0.2, 0.25) is 0 Å². The van der Waals surface area contributed by atoms with Crippen molar-refractivity contribution in [1.29, 1.82) is 0 Å². The molecule has 0 bridgehead atoms. The van der Waals surface area contributed by atoms with E-state index < -0.39 is 0 Å². The third-order valence-corrected chi connectivity index (χ3v) is 5.12. The third-order valence-electron chi connectivity index (χ3n) is 5.12. The SMILES string of the molecule is Cc1ccc2cc(CCC(=O)NCC3CN(C4CC4)C(=O)O3)c(=O)[nH]c2c1. The first-order chi connectivity index (χ1) is 13.0.